The van der Waals surface area contributed by atoms with Gasteiger partial charge in [0.2, 0.25) is 0 Å². The quantitative estimate of drug-likeness (QED) is 0.157. The van der Waals surface area contributed by atoms with Crippen LogP contribution in [0.2, 0.25) is 0 Å². The van der Waals surface area contributed by atoms with Crippen molar-refractivity contribution in [3.05, 3.63) is 218 Å². The number of thiophene rings is 1. The highest BCUT2D eigenvalue weighted by Crippen LogP contribution is 2.46. The Kier molecular flexibility index (Phi) is 7.30. The molecule has 3 heterocycles. The number of rotatable bonds is 4. The third kappa shape index (κ3) is 5.00. The Morgan fingerprint density at radius 3 is 1.43 bits per heavy atom. The Hall–Kier alpha value is -7.98. The number of benzene rings is 11. The molecule has 292 valence electrons. The molecule has 0 unspecified atom stereocenters. The van der Waals surface area contributed by atoms with E-state index in [0.717, 1.165) is 0 Å². The number of fused-ring (bicyclic) bond motifs is 15. The van der Waals surface area contributed by atoms with Crippen molar-refractivity contribution < 1.29 is 0 Å². The van der Waals surface area contributed by atoms with Gasteiger partial charge in [-0.2, -0.15) is 0 Å². The van der Waals surface area contributed by atoms with E-state index in [4.69, 9.17) is 0 Å². The number of hydrogen-bond acceptors (Lipinski definition) is 1. The fraction of sp³-hybridized carbons (Fsp3) is 0. The molecule has 0 N–H and O–H groups in total. The average molecular weight is 817 g/mol. The molecule has 3 heteroatoms. The molecular weight excluding hydrogens is 781 g/mol. The fourth-order valence-electron chi connectivity index (χ4n) is 10.7. The van der Waals surface area contributed by atoms with Gasteiger partial charge in [-0.05, 0) is 115 Å². The SMILES string of the molecule is c1ccc(-c2ccc(-n3c4ccccc4c4cc(-c5ccc6c(c5)c5ccccc5n6-c5ccc6c7ccccc7c7ccccc7c6c5)ccc43)c3sc4ccccc4c23)cc1. The van der Waals surface area contributed by atoms with Gasteiger partial charge in [-0.15, -0.1) is 11.3 Å². The lowest BCUT2D eigenvalue weighted by molar-refractivity contribution is 1.19. The Balaban J connectivity index is 0.950. The molecule has 63 heavy (non-hydrogen) atoms. The van der Waals surface area contributed by atoms with Gasteiger partial charge >= 0.3 is 0 Å². The summed E-state index contributed by atoms with van der Waals surface area (Å²) in [6, 6.07) is 80.9. The Morgan fingerprint density at radius 1 is 0.286 bits per heavy atom. The van der Waals surface area contributed by atoms with E-state index in [1.165, 1.54) is 130 Å². The van der Waals surface area contributed by atoms with Crippen molar-refractivity contribution in [3.8, 4) is 33.6 Å². The molecule has 0 fully saturated rings. The van der Waals surface area contributed by atoms with E-state index in [9.17, 15) is 0 Å². The first-order chi connectivity index (χ1) is 31.3. The maximum absolute atomic E-state index is 2.49. The van der Waals surface area contributed by atoms with Crippen molar-refractivity contribution in [2.75, 3.05) is 0 Å². The highest BCUT2D eigenvalue weighted by Gasteiger charge is 2.21. The van der Waals surface area contributed by atoms with E-state index in [1.54, 1.807) is 0 Å². The molecule has 0 bridgehead atoms. The van der Waals surface area contributed by atoms with Crippen LogP contribution in [0.15, 0.2) is 218 Å². The monoisotopic (exact) mass is 816 g/mol. The van der Waals surface area contributed by atoms with E-state index >= 15 is 0 Å². The lowest BCUT2D eigenvalue weighted by atomic mass is 9.94. The lowest BCUT2D eigenvalue weighted by Crippen LogP contribution is -1.95. The minimum absolute atomic E-state index is 1.17. The molecular formula is C60H36N2S. The predicted octanol–water partition coefficient (Wildman–Crippen LogP) is 17.0. The summed E-state index contributed by atoms with van der Waals surface area (Å²) >= 11 is 1.89. The van der Waals surface area contributed by atoms with Crippen LogP contribution in [0.1, 0.15) is 0 Å². The van der Waals surface area contributed by atoms with Gasteiger partial charge in [0.1, 0.15) is 0 Å². The third-order valence-corrected chi connectivity index (χ3v) is 14.7. The first kappa shape index (κ1) is 34.7. The van der Waals surface area contributed by atoms with Crippen LogP contribution in [0.4, 0.5) is 0 Å². The van der Waals surface area contributed by atoms with Crippen LogP contribution in [0.5, 0.6) is 0 Å². The number of nitrogens with zero attached hydrogens (tertiary/aromatic N) is 2. The van der Waals surface area contributed by atoms with Gasteiger partial charge in [-0.1, -0.05) is 158 Å². The van der Waals surface area contributed by atoms with Crippen molar-refractivity contribution in [1.29, 1.82) is 0 Å². The maximum atomic E-state index is 2.49. The summed E-state index contributed by atoms with van der Waals surface area (Å²) in [5.74, 6) is 0. The zero-order chi connectivity index (χ0) is 41.2. The summed E-state index contributed by atoms with van der Waals surface area (Å²) in [7, 11) is 0. The lowest BCUT2D eigenvalue weighted by Gasteiger charge is -2.14. The van der Waals surface area contributed by atoms with Crippen molar-refractivity contribution in [2.45, 2.75) is 0 Å². The fourth-order valence-corrected chi connectivity index (χ4v) is 12.0. The molecule has 0 spiro atoms. The van der Waals surface area contributed by atoms with Crippen molar-refractivity contribution in [1.82, 2.24) is 9.13 Å². The summed E-state index contributed by atoms with van der Waals surface area (Å²) in [4.78, 5) is 0. The van der Waals surface area contributed by atoms with Gasteiger partial charge in [0.25, 0.3) is 0 Å². The van der Waals surface area contributed by atoms with Gasteiger partial charge < -0.3 is 9.13 Å². The predicted molar refractivity (Wildman–Crippen MR) is 271 cm³/mol. The number of hydrogen-bond donors (Lipinski definition) is 0. The summed E-state index contributed by atoms with van der Waals surface area (Å²) in [6.45, 7) is 0. The van der Waals surface area contributed by atoms with Gasteiger partial charge in [0.05, 0.1) is 32.5 Å². The van der Waals surface area contributed by atoms with Gasteiger partial charge in [-0.25, -0.2) is 0 Å². The number of para-hydroxylation sites is 2. The topological polar surface area (TPSA) is 9.86 Å². The molecule has 0 saturated carbocycles. The number of aromatic nitrogens is 2. The van der Waals surface area contributed by atoms with E-state index < -0.39 is 0 Å². The zero-order valence-electron chi connectivity index (χ0n) is 34.1. The van der Waals surface area contributed by atoms with Crippen molar-refractivity contribution in [2.24, 2.45) is 0 Å². The van der Waals surface area contributed by atoms with E-state index in [0.29, 0.717) is 0 Å². The minimum atomic E-state index is 1.17. The molecule has 0 atom stereocenters. The van der Waals surface area contributed by atoms with E-state index in [-0.39, 0.29) is 0 Å². The van der Waals surface area contributed by atoms with Crippen LogP contribution < -0.4 is 0 Å². The molecule has 11 aromatic carbocycles. The summed E-state index contributed by atoms with van der Waals surface area (Å²) in [6.07, 6.45) is 0. The molecule has 0 aliphatic rings. The second-order valence-electron chi connectivity index (χ2n) is 16.8. The second-order valence-corrected chi connectivity index (χ2v) is 17.8. The molecule has 14 aromatic rings. The maximum Gasteiger partial charge on any atom is 0.0641 e. The van der Waals surface area contributed by atoms with Crippen LogP contribution in [0, 0.1) is 0 Å². The standard InChI is InChI=1S/C60H36N2S/c1-2-14-37(15-3-1)41-30-33-57(60-59(41)49-22-10-13-25-58(49)63-60)62-54-24-12-9-21-48(54)52-35-39(27-32-56(52)62)38-26-31-55-51(34-38)47-20-8-11-23-53(47)61(55)40-28-29-46-44-18-5-4-16-42(44)43-17-6-7-19-45(43)50(46)36-40/h1-36H. The Morgan fingerprint density at radius 2 is 0.778 bits per heavy atom. The highest BCUT2D eigenvalue weighted by atomic mass is 32.1. The summed E-state index contributed by atoms with van der Waals surface area (Å²) in [5, 5.41) is 15.4. The normalized spacial score (nSPS) is 12.1. The van der Waals surface area contributed by atoms with Crippen LogP contribution in [0.3, 0.4) is 0 Å². The molecule has 3 aromatic heterocycles. The molecule has 0 saturated heterocycles. The van der Waals surface area contributed by atoms with Crippen LogP contribution in [0.25, 0.3) is 130 Å². The highest BCUT2D eigenvalue weighted by molar-refractivity contribution is 7.26. The van der Waals surface area contributed by atoms with Crippen molar-refractivity contribution in [3.63, 3.8) is 0 Å². The molecule has 2 nitrogen and oxygen atoms in total. The Bertz CT molecular complexity index is 4170. The van der Waals surface area contributed by atoms with Gasteiger partial charge in [0.15, 0.2) is 0 Å². The van der Waals surface area contributed by atoms with Crippen LogP contribution in [-0.2, 0) is 0 Å². The summed E-state index contributed by atoms with van der Waals surface area (Å²) < 4.78 is 7.55. The van der Waals surface area contributed by atoms with E-state index in [2.05, 4.69) is 228 Å². The van der Waals surface area contributed by atoms with Crippen LogP contribution >= 0.6 is 11.3 Å². The molecule has 14 rings (SSSR count). The smallest absolute Gasteiger partial charge is 0.0641 e. The van der Waals surface area contributed by atoms with Crippen LogP contribution in [-0.4, -0.2) is 9.13 Å². The van der Waals surface area contributed by atoms with Crippen molar-refractivity contribution >= 4 is 107 Å². The molecule has 0 amide bonds. The molecule has 0 aliphatic carbocycles. The molecule has 0 aliphatic heterocycles. The Labute approximate surface area is 366 Å². The first-order valence-electron chi connectivity index (χ1n) is 21.7. The zero-order valence-corrected chi connectivity index (χ0v) is 34.9. The molecule has 0 radical (unpaired) electrons. The minimum Gasteiger partial charge on any atom is -0.309 e. The van der Waals surface area contributed by atoms with Gasteiger partial charge in [-0.3, -0.25) is 0 Å². The first-order valence-corrected chi connectivity index (χ1v) is 22.5. The van der Waals surface area contributed by atoms with E-state index in [1.807, 2.05) is 11.3 Å². The third-order valence-electron chi connectivity index (χ3n) is 13.5. The second kappa shape index (κ2) is 13.3. The van der Waals surface area contributed by atoms with Gasteiger partial charge in [0, 0.05) is 42.7 Å². The average Bonchev–Trinajstić information content (AvgIpc) is 4.02. The summed E-state index contributed by atoms with van der Waals surface area (Å²) in [5.41, 5.74) is 12.1. The largest absolute Gasteiger partial charge is 0.309 e.